The third-order valence-corrected chi connectivity index (χ3v) is 0.845. The van der Waals surface area contributed by atoms with Gasteiger partial charge >= 0.3 is 0 Å². The third kappa shape index (κ3) is 7.40. The molecule has 0 rings (SSSR count). The first kappa shape index (κ1) is 8.40. The molecule has 0 saturated heterocycles. The average Bonchev–Trinajstić information content (AvgIpc) is 1.89. The molecule has 0 saturated carbocycles. The maximum Gasteiger partial charge on any atom is 0.0278 e. The number of nitrogens with one attached hydrogen (secondary N) is 2. The highest BCUT2D eigenvalue weighted by atomic mass is 15.3. The minimum atomic E-state index is 0.803. The maximum atomic E-state index is 3.59. The Morgan fingerprint density at radius 3 is 2.44 bits per heavy atom. The van der Waals surface area contributed by atoms with E-state index in [-0.39, 0.29) is 0 Å². The van der Waals surface area contributed by atoms with E-state index in [4.69, 9.17) is 0 Å². The van der Waals surface area contributed by atoms with Crippen molar-refractivity contribution in [3.05, 3.63) is 25.3 Å². The third-order valence-electron chi connectivity index (χ3n) is 0.845. The molecule has 0 aromatic rings. The molecular weight excluding hydrogens is 112 g/mol. The first-order chi connectivity index (χ1) is 4.41. The molecule has 52 valence electrons. The van der Waals surface area contributed by atoms with Gasteiger partial charge in [-0.15, -0.1) is 13.2 Å². The van der Waals surface area contributed by atoms with Crippen molar-refractivity contribution < 1.29 is 0 Å². The molecule has 0 unspecified atom stereocenters. The molecule has 2 N–H and O–H groups in total. The first-order valence-electron chi connectivity index (χ1n) is 3.09. The van der Waals surface area contributed by atoms with Crippen molar-refractivity contribution in [3.8, 4) is 0 Å². The van der Waals surface area contributed by atoms with Gasteiger partial charge in [0.05, 0.1) is 0 Å². The second kappa shape index (κ2) is 7.40. The summed E-state index contributed by atoms with van der Waals surface area (Å²) < 4.78 is 0. The Morgan fingerprint density at radius 2 is 1.89 bits per heavy atom. The second-order valence-electron chi connectivity index (χ2n) is 1.67. The van der Waals surface area contributed by atoms with Crippen LogP contribution in [0.25, 0.3) is 0 Å². The van der Waals surface area contributed by atoms with Crippen LogP contribution in [0.15, 0.2) is 25.3 Å². The molecule has 0 radical (unpaired) electrons. The van der Waals surface area contributed by atoms with E-state index in [0.717, 1.165) is 19.5 Å². The minimum absolute atomic E-state index is 0.803. The van der Waals surface area contributed by atoms with Crippen molar-refractivity contribution in [1.82, 2.24) is 10.9 Å². The molecule has 0 aliphatic heterocycles. The molecule has 0 aliphatic rings. The van der Waals surface area contributed by atoms with Crippen molar-refractivity contribution in [2.45, 2.75) is 6.42 Å². The lowest BCUT2D eigenvalue weighted by Crippen LogP contribution is -2.32. The lowest BCUT2D eigenvalue weighted by atomic mass is 10.4. The molecule has 0 aromatic carbocycles. The highest BCUT2D eigenvalue weighted by molar-refractivity contribution is 4.69. The molecule has 0 amide bonds. The molecular formula is C7H14N2. The van der Waals surface area contributed by atoms with Gasteiger partial charge in [0.1, 0.15) is 0 Å². The zero-order valence-electron chi connectivity index (χ0n) is 5.69. The molecule has 0 aliphatic carbocycles. The Kier molecular flexibility index (Phi) is 6.91. The van der Waals surface area contributed by atoms with Crippen LogP contribution in [0.1, 0.15) is 6.42 Å². The normalized spacial score (nSPS) is 8.89. The number of hydrogen-bond acceptors (Lipinski definition) is 2. The largest absolute Gasteiger partial charge is 0.257 e. The van der Waals surface area contributed by atoms with E-state index in [1.165, 1.54) is 0 Å². The van der Waals surface area contributed by atoms with Gasteiger partial charge in [0.25, 0.3) is 0 Å². The van der Waals surface area contributed by atoms with Crippen LogP contribution in [0.5, 0.6) is 0 Å². The molecule has 2 heteroatoms. The fourth-order valence-electron chi connectivity index (χ4n) is 0.407. The summed E-state index contributed by atoms with van der Waals surface area (Å²) in [6.07, 6.45) is 4.67. The van der Waals surface area contributed by atoms with Crippen LogP contribution >= 0.6 is 0 Å². The van der Waals surface area contributed by atoms with E-state index >= 15 is 0 Å². The van der Waals surface area contributed by atoms with E-state index in [0.29, 0.717) is 0 Å². The van der Waals surface area contributed by atoms with Gasteiger partial charge in [-0.05, 0) is 6.42 Å². The number of hydrogen-bond donors (Lipinski definition) is 2. The zero-order chi connectivity index (χ0) is 6.95. The van der Waals surface area contributed by atoms with Gasteiger partial charge < -0.3 is 0 Å². The number of rotatable bonds is 6. The lowest BCUT2D eigenvalue weighted by Gasteiger charge is -2.00. The molecule has 0 heterocycles. The van der Waals surface area contributed by atoms with Gasteiger partial charge in [-0.2, -0.15) is 0 Å². The van der Waals surface area contributed by atoms with Crippen molar-refractivity contribution in [2.75, 3.05) is 13.1 Å². The Bertz CT molecular complexity index is 69.0. The summed E-state index contributed by atoms with van der Waals surface area (Å²) in [7, 11) is 0. The summed E-state index contributed by atoms with van der Waals surface area (Å²) in [6.45, 7) is 8.88. The van der Waals surface area contributed by atoms with Crippen LogP contribution in [0, 0.1) is 0 Å². The topological polar surface area (TPSA) is 24.1 Å². The van der Waals surface area contributed by atoms with Crippen molar-refractivity contribution >= 4 is 0 Å². The van der Waals surface area contributed by atoms with Crippen LogP contribution < -0.4 is 10.9 Å². The fourth-order valence-corrected chi connectivity index (χ4v) is 0.407. The van der Waals surface area contributed by atoms with Gasteiger partial charge in [0, 0.05) is 13.1 Å². The van der Waals surface area contributed by atoms with Gasteiger partial charge in [-0.25, -0.2) is 0 Å². The molecule has 0 bridgehead atoms. The summed E-state index contributed by atoms with van der Waals surface area (Å²) in [5.41, 5.74) is 5.95. The fraction of sp³-hybridized carbons (Fsp3) is 0.429. The van der Waals surface area contributed by atoms with E-state index in [9.17, 15) is 0 Å². The van der Waals surface area contributed by atoms with Crippen LogP contribution in [-0.4, -0.2) is 13.1 Å². The molecule has 0 spiro atoms. The Hall–Kier alpha value is -0.600. The van der Waals surface area contributed by atoms with Gasteiger partial charge in [0.15, 0.2) is 0 Å². The summed E-state index contributed by atoms with van der Waals surface area (Å²) >= 11 is 0. The Morgan fingerprint density at radius 1 is 1.11 bits per heavy atom. The summed E-state index contributed by atoms with van der Waals surface area (Å²) in [5.74, 6) is 0. The highest BCUT2D eigenvalue weighted by Gasteiger charge is 1.77. The van der Waals surface area contributed by atoms with E-state index in [1.807, 2.05) is 6.08 Å². The SMILES string of the molecule is C=CCCNNCC=C. The molecule has 0 fully saturated rings. The second-order valence-corrected chi connectivity index (χ2v) is 1.67. The van der Waals surface area contributed by atoms with Crippen molar-refractivity contribution in [1.29, 1.82) is 0 Å². The predicted molar refractivity (Wildman–Crippen MR) is 41.0 cm³/mol. The summed E-state index contributed by atoms with van der Waals surface area (Å²) in [6, 6.07) is 0. The molecule has 9 heavy (non-hydrogen) atoms. The van der Waals surface area contributed by atoms with Crippen molar-refractivity contribution in [2.24, 2.45) is 0 Å². The minimum Gasteiger partial charge on any atom is -0.257 e. The zero-order valence-corrected chi connectivity index (χ0v) is 5.69. The highest BCUT2D eigenvalue weighted by Crippen LogP contribution is 1.71. The Balaban J connectivity index is 2.74. The van der Waals surface area contributed by atoms with Gasteiger partial charge in [-0.3, -0.25) is 10.9 Å². The summed E-state index contributed by atoms with van der Waals surface area (Å²) in [5, 5.41) is 0. The van der Waals surface area contributed by atoms with Crippen molar-refractivity contribution in [3.63, 3.8) is 0 Å². The first-order valence-corrected chi connectivity index (χ1v) is 3.09. The van der Waals surface area contributed by atoms with E-state index < -0.39 is 0 Å². The van der Waals surface area contributed by atoms with Crippen LogP contribution in [0.2, 0.25) is 0 Å². The maximum absolute atomic E-state index is 3.59. The van der Waals surface area contributed by atoms with Gasteiger partial charge in [0.2, 0.25) is 0 Å². The molecule has 0 aromatic heterocycles. The molecule has 0 atom stereocenters. The molecule has 2 nitrogen and oxygen atoms in total. The quantitative estimate of drug-likeness (QED) is 0.313. The smallest absolute Gasteiger partial charge is 0.0278 e. The summed E-state index contributed by atoms with van der Waals surface area (Å²) in [4.78, 5) is 0. The monoisotopic (exact) mass is 126 g/mol. The van der Waals surface area contributed by atoms with E-state index in [1.54, 1.807) is 6.08 Å². The number of hydrazine groups is 1. The van der Waals surface area contributed by atoms with Crippen LogP contribution in [-0.2, 0) is 0 Å². The van der Waals surface area contributed by atoms with Crippen LogP contribution in [0.4, 0.5) is 0 Å². The lowest BCUT2D eigenvalue weighted by molar-refractivity contribution is 0.574. The standard InChI is InChI=1S/C7H14N2/c1-3-5-7-9-8-6-4-2/h3-4,8-9H,1-2,5-7H2. The van der Waals surface area contributed by atoms with Crippen LogP contribution in [0.3, 0.4) is 0 Å². The predicted octanol–water partition coefficient (Wildman–Crippen LogP) is 0.843. The van der Waals surface area contributed by atoms with E-state index in [2.05, 4.69) is 24.0 Å². The Labute approximate surface area is 56.6 Å². The average molecular weight is 126 g/mol. The van der Waals surface area contributed by atoms with Gasteiger partial charge in [-0.1, -0.05) is 12.2 Å².